The van der Waals surface area contributed by atoms with E-state index in [2.05, 4.69) is 27.4 Å². The Hall–Kier alpha value is -4.34. The van der Waals surface area contributed by atoms with Gasteiger partial charge in [-0.1, -0.05) is 83.6 Å². The number of fused-ring (bicyclic) bond motifs is 1. The molecule has 0 spiro atoms. The van der Waals surface area contributed by atoms with Gasteiger partial charge >= 0.3 is 5.97 Å². The number of anilines is 2. The molecule has 1 saturated heterocycles. The third kappa shape index (κ3) is 6.38. The first-order valence-electron chi connectivity index (χ1n) is 14.2. The summed E-state index contributed by atoms with van der Waals surface area (Å²) >= 11 is 7.81. The van der Waals surface area contributed by atoms with Gasteiger partial charge in [0.2, 0.25) is 11.9 Å². The number of carbonyl (C=O) groups excluding carboxylic acids is 1. The van der Waals surface area contributed by atoms with E-state index in [0.29, 0.717) is 67.0 Å². The van der Waals surface area contributed by atoms with Crippen molar-refractivity contribution >= 4 is 56.1 Å². The van der Waals surface area contributed by atoms with Gasteiger partial charge in [0.25, 0.3) is 0 Å². The fourth-order valence-electron chi connectivity index (χ4n) is 5.64. The largest absolute Gasteiger partial charge is 0.478 e. The molecule has 0 unspecified atom stereocenters. The molecular formula is C33H30ClN5O3S. The van der Waals surface area contributed by atoms with Crippen molar-refractivity contribution in [3.8, 4) is 0 Å². The smallest absolute Gasteiger partial charge is 0.339 e. The zero-order valence-corrected chi connectivity index (χ0v) is 24.9. The number of benzene rings is 3. The van der Waals surface area contributed by atoms with Crippen LogP contribution in [0.1, 0.15) is 40.0 Å². The summed E-state index contributed by atoms with van der Waals surface area (Å²) < 4.78 is 1.03. The Kier molecular flexibility index (Phi) is 8.35. The molecule has 10 heteroatoms. The van der Waals surface area contributed by atoms with E-state index >= 15 is 0 Å². The maximum absolute atomic E-state index is 14.0. The third-order valence-corrected chi connectivity index (χ3v) is 9.38. The highest BCUT2D eigenvalue weighted by Crippen LogP contribution is 2.38. The summed E-state index contributed by atoms with van der Waals surface area (Å²) in [5.74, 6) is -0.635. The molecule has 218 valence electrons. The van der Waals surface area contributed by atoms with Crippen molar-refractivity contribution in [2.75, 3.05) is 23.3 Å². The Morgan fingerprint density at radius 1 is 0.930 bits per heavy atom. The molecule has 0 saturated carbocycles. The fraction of sp³-hybridized carbons (Fsp3) is 0.242. The second-order valence-corrected chi connectivity index (χ2v) is 12.2. The third-order valence-electron chi connectivity index (χ3n) is 8.06. The van der Waals surface area contributed by atoms with Crippen molar-refractivity contribution in [3.05, 3.63) is 112 Å². The number of para-hydroxylation sites is 1. The van der Waals surface area contributed by atoms with Gasteiger partial charge in [0, 0.05) is 24.3 Å². The van der Waals surface area contributed by atoms with E-state index < -0.39 is 11.4 Å². The number of thiazole rings is 1. The Bertz CT molecular complexity index is 1740. The van der Waals surface area contributed by atoms with E-state index in [9.17, 15) is 14.7 Å². The number of piperidine rings is 1. The maximum atomic E-state index is 14.0. The summed E-state index contributed by atoms with van der Waals surface area (Å²) in [5, 5.41) is 14.1. The number of hydrogen-bond acceptors (Lipinski definition) is 7. The standard InChI is InChI=1S/C33H30ClN5O3S/c34-25-11-5-4-10-23(25)14-15-26-24(29(40)41)21-35-31(36-26)39-18-16-33(17-19-39,20-22-8-2-1-3-9-22)30(42)38-32-37-27-12-6-7-13-28(27)43-32/h1-13,21H,14-20H2,(H,40,41)(H,37,38,42). The molecule has 5 aromatic rings. The molecule has 2 N–H and O–H groups in total. The van der Waals surface area contributed by atoms with Crippen LogP contribution in [0, 0.1) is 5.41 Å². The van der Waals surface area contributed by atoms with Crippen LogP contribution in [-0.4, -0.2) is 45.0 Å². The Labute approximate surface area is 258 Å². The molecule has 2 aromatic heterocycles. The van der Waals surface area contributed by atoms with E-state index in [1.165, 1.54) is 17.5 Å². The lowest BCUT2D eigenvalue weighted by Gasteiger charge is -2.40. The van der Waals surface area contributed by atoms with Crippen molar-refractivity contribution in [2.45, 2.75) is 32.1 Å². The van der Waals surface area contributed by atoms with Crippen molar-refractivity contribution in [1.29, 1.82) is 0 Å². The summed E-state index contributed by atoms with van der Waals surface area (Å²) in [7, 11) is 0. The van der Waals surface area contributed by atoms with E-state index in [4.69, 9.17) is 16.6 Å². The first kappa shape index (κ1) is 28.8. The van der Waals surface area contributed by atoms with Gasteiger partial charge in [-0.05, 0) is 61.4 Å². The molecule has 0 bridgehead atoms. The summed E-state index contributed by atoms with van der Waals surface area (Å²) in [4.78, 5) is 41.7. The molecule has 3 heterocycles. The molecule has 8 nitrogen and oxygen atoms in total. The molecule has 1 aliphatic rings. The number of rotatable bonds is 9. The van der Waals surface area contributed by atoms with Crippen LogP contribution in [0.4, 0.5) is 11.1 Å². The molecule has 1 aliphatic heterocycles. The molecule has 3 aromatic carbocycles. The minimum absolute atomic E-state index is 0.0439. The number of hydrogen-bond donors (Lipinski definition) is 2. The Morgan fingerprint density at radius 2 is 1.65 bits per heavy atom. The molecule has 1 fully saturated rings. The number of carboxylic acid groups (broad SMARTS) is 1. The lowest BCUT2D eigenvalue weighted by molar-refractivity contribution is -0.126. The zero-order valence-electron chi connectivity index (χ0n) is 23.4. The van der Waals surface area contributed by atoms with Crippen LogP contribution in [0.25, 0.3) is 10.2 Å². The highest BCUT2D eigenvalue weighted by atomic mass is 35.5. The van der Waals surface area contributed by atoms with E-state index in [1.807, 2.05) is 71.6 Å². The predicted molar refractivity (Wildman–Crippen MR) is 170 cm³/mol. The lowest BCUT2D eigenvalue weighted by Crippen LogP contribution is -2.48. The average molecular weight is 612 g/mol. The molecular weight excluding hydrogens is 582 g/mol. The van der Waals surface area contributed by atoms with E-state index in [0.717, 1.165) is 21.3 Å². The summed E-state index contributed by atoms with van der Waals surface area (Å²) in [6, 6.07) is 25.4. The zero-order chi connectivity index (χ0) is 29.8. The molecule has 43 heavy (non-hydrogen) atoms. The summed E-state index contributed by atoms with van der Waals surface area (Å²) in [5.41, 5.74) is 2.79. The molecule has 0 radical (unpaired) electrons. The highest BCUT2D eigenvalue weighted by Gasteiger charge is 2.42. The van der Waals surface area contributed by atoms with Crippen molar-refractivity contribution in [1.82, 2.24) is 15.0 Å². The topological polar surface area (TPSA) is 108 Å². The van der Waals surface area contributed by atoms with Crippen LogP contribution in [-0.2, 0) is 24.1 Å². The number of aromatic carboxylic acids is 1. The lowest BCUT2D eigenvalue weighted by atomic mass is 9.73. The van der Waals surface area contributed by atoms with Gasteiger partial charge in [-0.2, -0.15) is 0 Å². The van der Waals surface area contributed by atoms with E-state index in [-0.39, 0.29) is 11.5 Å². The van der Waals surface area contributed by atoms with Gasteiger partial charge in [-0.3, -0.25) is 4.79 Å². The quantitative estimate of drug-likeness (QED) is 0.191. The number of nitrogens with zero attached hydrogens (tertiary/aromatic N) is 4. The fourth-order valence-corrected chi connectivity index (χ4v) is 6.73. The van der Waals surface area contributed by atoms with E-state index in [1.54, 1.807) is 0 Å². The van der Waals surface area contributed by atoms with Crippen LogP contribution < -0.4 is 10.2 Å². The van der Waals surface area contributed by atoms with Crippen LogP contribution in [0.5, 0.6) is 0 Å². The number of carboxylic acids is 1. The van der Waals surface area contributed by atoms with Gasteiger partial charge < -0.3 is 15.3 Å². The van der Waals surface area contributed by atoms with Crippen molar-refractivity contribution in [2.24, 2.45) is 5.41 Å². The van der Waals surface area contributed by atoms with Gasteiger partial charge in [0.1, 0.15) is 0 Å². The minimum Gasteiger partial charge on any atom is -0.478 e. The van der Waals surface area contributed by atoms with Crippen LogP contribution in [0.15, 0.2) is 85.1 Å². The van der Waals surface area contributed by atoms with Gasteiger partial charge in [-0.15, -0.1) is 0 Å². The Balaban J connectivity index is 1.22. The number of aromatic nitrogens is 3. The monoisotopic (exact) mass is 611 g/mol. The highest BCUT2D eigenvalue weighted by molar-refractivity contribution is 7.22. The van der Waals surface area contributed by atoms with Gasteiger partial charge in [0.05, 0.1) is 26.9 Å². The number of amides is 1. The Morgan fingerprint density at radius 3 is 2.40 bits per heavy atom. The molecule has 0 atom stereocenters. The second kappa shape index (κ2) is 12.5. The number of carbonyl (C=O) groups is 2. The molecule has 1 amide bonds. The predicted octanol–water partition coefficient (Wildman–Crippen LogP) is 6.69. The van der Waals surface area contributed by atoms with Crippen molar-refractivity contribution < 1.29 is 14.7 Å². The van der Waals surface area contributed by atoms with Crippen LogP contribution in [0.3, 0.4) is 0 Å². The molecule has 6 rings (SSSR count). The average Bonchev–Trinajstić information content (AvgIpc) is 3.44. The maximum Gasteiger partial charge on any atom is 0.339 e. The minimum atomic E-state index is -1.06. The summed E-state index contributed by atoms with van der Waals surface area (Å²) in [6.07, 6.45) is 4.12. The number of nitrogens with one attached hydrogen (secondary N) is 1. The number of aryl methyl sites for hydroxylation is 2. The first-order valence-corrected chi connectivity index (χ1v) is 15.4. The number of halogens is 1. The van der Waals surface area contributed by atoms with Gasteiger partial charge in [-0.25, -0.2) is 19.7 Å². The van der Waals surface area contributed by atoms with Crippen LogP contribution in [0.2, 0.25) is 5.02 Å². The normalized spacial score (nSPS) is 14.5. The summed E-state index contributed by atoms with van der Waals surface area (Å²) in [6.45, 7) is 1.10. The van der Waals surface area contributed by atoms with Crippen molar-refractivity contribution in [3.63, 3.8) is 0 Å². The van der Waals surface area contributed by atoms with Crippen LogP contribution >= 0.6 is 22.9 Å². The van der Waals surface area contributed by atoms with Gasteiger partial charge in [0.15, 0.2) is 5.13 Å². The first-order chi connectivity index (χ1) is 20.9. The SMILES string of the molecule is O=C(O)c1cnc(N2CCC(Cc3ccccc3)(C(=O)Nc3nc4ccccc4s3)CC2)nc1CCc1ccccc1Cl. The molecule has 0 aliphatic carbocycles. The second-order valence-electron chi connectivity index (χ2n) is 10.8.